The highest BCUT2D eigenvalue weighted by Crippen LogP contribution is 2.55. The Balaban J connectivity index is 1.77. The molecule has 2 aliphatic rings. The summed E-state index contributed by atoms with van der Waals surface area (Å²) in [5.41, 5.74) is 1.96. The van der Waals surface area contributed by atoms with Crippen LogP contribution in [0, 0.1) is 10.8 Å². The van der Waals surface area contributed by atoms with E-state index < -0.39 is 0 Å². The lowest BCUT2D eigenvalue weighted by Crippen LogP contribution is -2.49. The molecule has 0 radical (unpaired) electrons. The van der Waals surface area contributed by atoms with Gasteiger partial charge in [-0.05, 0) is 51.0 Å². The minimum Gasteiger partial charge on any atom is -0.392 e. The summed E-state index contributed by atoms with van der Waals surface area (Å²) >= 11 is 0. The number of aliphatic hydroxyl groups is 1. The maximum absolute atomic E-state index is 12.7. The Bertz CT molecular complexity index is 604. The van der Waals surface area contributed by atoms with E-state index in [1.54, 1.807) is 0 Å². The summed E-state index contributed by atoms with van der Waals surface area (Å²) in [5, 5.41) is 10.5. The van der Waals surface area contributed by atoms with Gasteiger partial charge in [-0.25, -0.2) is 0 Å². The molecule has 0 spiro atoms. The second-order valence-electron chi connectivity index (χ2n) is 7.72. The Morgan fingerprint density at radius 3 is 2.70 bits per heavy atom. The zero-order valence-corrected chi connectivity index (χ0v) is 14.3. The molecule has 0 aliphatic heterocycles. The van der Waals surface area contributed by atoms with E-state index >= 15 is 0 Å². The molecule has 1 aromatic rings. The molecule has 0 bridgehead atoms. The van der Waals surface area contributed by atoms with Crippen molar-refractivity contribution in [2.75, 3.05) is 0 Å². The van der Waals surface area contributed by atoms with Crippen LogP contribution in [0.15, 0.2) is 42.0 Å². The van der Waals surface area contributed by atoms with Crippen molar-refractivity contribution in [2.24, 2.45) is 10.8 Å². The van der Waals surface area contributed by atoms with E-state index in [0.717, 1.165) is 38.5 Å². The molecule has 2 heteroatoms. The molecule has 3 atom stereocenters. The van der Waals surface area contributed by atoms with Crippen LogP contribution >= 0.6 is 0 Å². The zero-order valence-electron chi connectivity index (χ0n) is 14.3. The van der Waals surface area contributed by atoms with Crippen molar-refractivity contribution in [3.05, 3.63) is 47.5 Å². The Labute approximate surface area is 139 Å². The van der Waals surface area contributed by atoms with Crippen molar-refractivity contribution in [1.29, 1.82) is 0 Å². The highest BCUT2D eigenvalue weighted by molar-refractivity contribution is 5.89. The molecule has 0 amide bonds. The molecule has 1 fully saturated rings. The van der Waals surface area contributed by atoms with Crippen molar-refractivity contribution in [2.45, 2.75) is 64.9 Å². The van der Waals surface area contributed by atoms with Gasteiger partial charge in [0, 0.05) is 17.3 Å². The predicted octanol–water partition coefficient (Wildman–Crippen LogP) is 4.47. The number of ketones is 1. The highest BCUT2D eigenvalue weighted by atomic mass is 16.3. The summed E-state index contributed by atoms with van der Waals surface area (Å²) in [6, 6.07) is 10.5. The number of carbonyl (C=O) groups is 1. The monoisotopic (exact) mass is 312 g/mol. The van der Waals surface area contributed by atoms with Gasteiger partial charge in [-0.1, -0.05) is 48.9 Å². The summed E-state index contributed by atoms with van der Waals surface area (Å²) in [5.74, 6) is 0.364. The van der Waals surface area contributed by atoms with E-state index in [2.05, 4.69) is 44.2 Å². The van der Waals surface area contributed by atoms with Crippen LogP contribution in [-0.4, -0.2) is 17.0 Å². The molecule has 0 saturated heterocycles. The number of carbonyl (C=O) groups excluding carboxylic acids is 1. The van der Waals surface area contributed by atoms with Gasteiger partial charge in [0.05, 0.1) is 6.10 Å². The van der Waals surface area contributed by atoms with Gasteiger partial charge in [0.15, 0.2) is 0 Å². The van der Waals surface area contributed by atoms with Crippen molar-refractivity contribution < 1.29 is 9.90 Å². The fourth-order valence-corrected chi connectivity index (χ4v) is 4.64. The summed E-state index contributed by atoms with van der Waals surface area (Å²) in [6.45, 7) is 4.27. The number of rotatable bonds is 4. The van der Waals surface area contributed by atoms with Crippen LogP contribution in [0.2, 0.25) is 0 Å². The minimum atomic E-state index is -0.386. The molecule has 1 saturated carbocycles. The number of fused-ring (bicyclic) bond motifs is 1. The second kappa shape index (κ2) is 6.24. The van der Waals surface area contributed by atoms with Crippen LogP contribution in [0.25, 0.3) is 0 Å². The third kappa shape index (κ3) is 2.89. The minimum absolute atomic E-state index is 0.201. The summed E-state index contributed by atoms with van der Waals surface area (Å²) in [6.07, 6.45) is 7.98. The lowest BCUT2D eigenvalue weighted by molar-refractivity contribution is -0.132. The Morgan fingerprint density at radius 2 is 1.96 bits per heavy atom. The highest BCUT2D eigenvalue weighted by Gasteiger charge is 2.52. The van der Waals surface area contributed by atoms with Gasteiger partial charge in [-0.3, -0.25) is 4.79 Å². The molecule has 3 rings (SSSR count). The lowest BCUT2D eigenvalue weighted by Gasteiger charge is -2.51. The van der Waals surface area contributed by atoms with Crippen molar-refractivity contribution in [1.82, 2.24) is 0 Å². The third-order valence-electron chi connectivity index (χ3n) is 6.21. The molecule has 2 aliphatic carbocycles. The van der Waals surface area contributed by atoms with E-state index in [1.807, 2.05) is 6.07 Å². The Kier molecular flexibility index (Phi) is 4.46. The molecule has 124 valence electrons. The smallest absolute Gasteiger partial charge is 0.142 e. The Hall–Kier alpha value is -1.41. The number of allylic oxidation sites excluding steroid dienone is 1. The fourth-order valence-electron chi connectivity index (χ4n) is 4.64. The van der Waals surface area contributed by atoms with Crippen LogP contribution < -0.4 is 0 Å². The summed E-state index contributed by atoms with van der Waals surface area (Å²) in [7, 11) is 0. The van der Waals surface area contributed by atoms with E-state index in [-0.39, 0.29) is 16.9 Å². The number of Topliss-reactive ketones (excluding diaryl/α,β-unsaturated/α-hetero) is 1. The van der Waals surface area contributed by atoms with Crippen LogP contribution in [0.5, 0.6) is 0 Å². The topological polar surface area (TPSA) is 37.3 Å². The van der Waals surface area contributed by atoms with Gasteiger partial charge in [-0.2, -0.15) is 0 Å². The van der Waals surface area contributed by atoms with Gasteiger partial charge in [0.25, 0.3) is 0 Å². The molecule has 0 aromatic heterocycles. The first kappa shape index (κ1) is 16.4. The number of hydrogen-bond acceptors (Lipinski definition) is 2. The van der Waals surface area contributed by atoms with Gasteiger partial charge in [0.2, 0.25) is 0 Å². The first-order chi connectivity index (χ1) is 11.0. The van der Waals surface area contributed by atoms with Gasteiger partial charge >= 0.3 is 0 Å². The SMILES string of the molecule is CC1(CCCc2ccccc2)C(=O)CC[C@@]2(C)C1=CCC[C@@H]2O. The summed E-state index contributed by atoms with van der Waals surface area (Å²) < 4.78 is 0. The predicted molar refractivity (Wildman–Crippen MR) is 93.2 cm³/mol. The quantitative estimate of drug-likeness (QED) is 0.833. The molecule has 1 unspecified atom stereocenters. The molecule has 0 heterocycles. The largest absolute Gasteiger partial charge is 0.392 e. The molecular formula is C21H28O2. The zero-order chi connectivity index (χ0) is 16.5. The van der Waals surface area contributed by atoms with Crippen molar-refractivity contribution >= 4 is 5.78 Å². The normalized spacial score (nSPS) is 34.0. The van der Waals surface area contributed by atoms with Gasteiger partial charge in [-0.15, -0.1) is 0 Å². The van der Waals surface area contributed by atoms with E-state index in [1.165, 1.54) is 11.1 Å². The second-order valence-corrected chi connectivity index (χ2v) is 7.72. The van der Waals surface area contributed by atoms with Crippen molar-refractivity contribution in [3.63, 3.8) is 0 Å². The van der Waals surface area contributed by atoms with Crippen molar-refractivity contribution in [3.8, 4) is 0 Å². The van der Waals surface area contributed by atoms with Crippen LogP contribution in [0.1, 0.15) is 57.9 Å². The number of aryl methyl sites for hydroxylation is 1. The first-order valence-corrected chi connectivity index (χ1v) is 8.93. The number of hydrogen-bond donors (Lipinski definition) is 1. The Morgan fingerprint density at radius 1 is 1.22 bits per heavy atom. The fraction of sp³-hybridized carbons (Fsp3) is 0.571. The lowest BCUT2D eigenvalue weighted by atomic mass is 9.53. The van der Waals surface area contributed by atoms with Crippen LogP contribution in [0.3, 0.4) is 0 Å². The first-order valence-electron chi connectivity index (χ1n) is 8.93. The molecule has 23 heavy (non-hydrogen) atoms. The number of benzene rings is 1. The molecular weight excluding hydrogens is 284 g/mol. The standard InChI is InChI=1S/C21H28O2/c1-20(14-7-10-16-8-4-3-5-9-16)17-11-6-12-18(22)21(17,2)15-13-19(20)23/h3-5,8-9,11,18,22H,6-7,10,12-15H2,1-2H3/t18-,20?,21-/m0/s1. The van der Waals surface area contributed by atoms with E-state index in [0.29, 0.717) is 12.2 Å². The maximum atomic E-state index is 12.7. The number of aliphatic hydroxyl groups excluding tert-OH is 1. The van der Waals surface area contributed by atoms with Crippen LogP contribution in [-0.2, 0) is 11.2 Å². The average Bonchev–Trinajstić information content (AvgIpc) is 2.55. The maximum Gasteiger partial charge on any atom is 0.142 e. The van der Waals surface area contributed by atoms with E-state index in [9.17, 15) is 9.90 Å². The average molecular weight is 312 g/mol. The van der Waals surface area contributed by atoms with Gasteiger partial charge < -0.3 is 5.11 Å². The molecule has 1 N–H and O–H groups in total. The third-order valence-corrected chi connectivity index (χ3v) is 6.21. The van der Waals surface area contributed by atoms with Crippen LogP contribution in [0.4, 0.5) is 0 Å². The summed E-state index contributed by atoms with van der Waals surface area (Å²) in [4.78, 5) is 12.7. The molecule has 2 nitrogen and oxygen atoms in total. The van der Waals surface area contributed by atoms with E-state index in [4.69, 9.17) is 0 Å². The van der Waals surface area contributed by atoms with Gasteiger partial charge in [0.1, 0.15) is 5.78 Å². The molecule has 1 aromatic carbocycles.